The molecule has 3 heterocycles. The lowest BCUT2D eigenvalue weighted by Crippen LogP contribution is -2.22. The van der Waals surface area contributed by atoms with Crippen molar-refractivity contribution in [3.63, 3.8) is 0 Å². The summed E-state index contributed by atoms with van der Waals surface area (Å²) in [6.45, 7) is 10.2. The monoisotopic (exact) mass is 437 g/mol. The normalized spacial score (nSPS) is 11.9. The Labute approximate surface area is 174 Å². The van der Waals surface area contributed by atoms with Gasteiger partial charge in [-0.2, -0.15) is 4.37 Å². The van der Waals surface area contributed by atoms with Crippen LogP contribution in [0.4, 0.5) is 0 Å². The molecule has 0 atom stereocenters. The largest absolute Gasteiger partial charge is 0.462 e. The molecule has 0 amide bonds. The molecule has 0 bridgehead atoms. The molecular weight excluding hydrogens is 414 g/mol. The first-order valence-electron chi connectivity index (χ1n) is 9.15. The molecule has 0 N–H and O–H groups in total. The first-order chi connectivity index (χ1) is 13.3. The number of ether oxygens (including phenoxy) is 2. The minimum atomic E-state index is -1.14. The highest BCUT2D eigenvalue weighted by Crippen LogP contribution is 2.35. The molecule has 0 saturated carbocycles. The molecule has 0 aliphatic rings. The lowest BCUT2D eigenvalue weighted by atomic mass is 10.1. The summed E-state index contributed by atoms with van der Waals surface area (Å²) in [5.74, 6) is -0.367. The van der Waals surface area contributed by atoms with Gasteiger partial charge in [-0.3, -0.25) is 0 Å². The summed E-state index contributed by atoms with van der Waals surface area (Å²) in [4.78, 5) is 16.9. The lowest BCUT2D eigenvalue weighted by Gasteiger charge is -2.15. The summed E-state index contributed by atoms with van der Waals surface area (Å²) < 4.78 is 17.3. The molecule has 9 heteroatoms. The van der Waals surface area contributed by atoms with E-state index in [4.69, 9.17) is 21.1 Å². The van der Waals surface area contributed by atoms with E-state index < -0.39 is 8.07 Å². The van der Waals surface area contributed by atoms with Crippen LogP contribution in [0.25, 0.3) is 22.3 Å². The van der Waals surface area contributed by atoms with E-state index in [9.17, 15) is 4.79 Å². The maximum absolute atomic E-state index is 12.0. The summed E-state index contributed by atoms with van der Waals surface area (Å²) in [6, 6.07) is 4.59. The van der Waals surface area contributed by atoms with Gasteiger partial charge in [0.1, 0.15) is 17.3 Å². The first kappa shape index (κ1) is 21.0. The average molecular weight is 438 g/mol. The van der Waals surface area contributed by atoms with Crippen molar-refractivity contribution < 1.29 is 14.3 Å². The Hall–Kier alpha value is -1.74. The van der Waals surface area contributed by atoms with Crippen molar-refractivity contribution in [3.8, 4) is 11.3 Å². The fraction of sp³-hybridized carbons (Fsp3) is 0.421. The van der Waals surface area contributed by atoms with Gasteiger partial charge in [0.25, 0.3) is 0 Å². The third-order valence-corrected chi connectivity index (χ3v) is 6.98. The van der Waals surface area contributed by atoms with Crippen LogP contribution in [0.15, 0.2) is 24.5 Å². The van der Waals surface area contributed by atoms with Crippen molar-refractivity contribution in [2.24, 2.45) is 0 Å². The highest BCUT2D eigenvalue weighted by atomic mass is 35.5. The number of esters is 1. The van der Waals surface area contributed by atoms with E-state index in [-0.39, 0.29) is 5.97 Å². The minimum absolute atomic E-state index is 0.329. The molecule has 0 aromatic carbocycles. The zero-order chi connectivity index (χ0) is 20.3. The lowest BCUT2D eigenvalue weighted by molar-refractivity contribution is 0.0532. The number of fused-ring (bicyclic) bond motifs is 1. The van der Waals surface area contributed by atoms with Crippen LogP contribution in [0.2, 0.25) is 30.7 Å². The molecule has 0 fully saturated rings. The van der Waals surface area contributed by atoms with Gasteiger partial charge >= 0.3 is 5.97 Å². The van der Waals surface area contributed by atoms with E-state index >= 15 is 0 Å². The Bertz CT molecular complexity index is 981. The van der Waals surface area contributed by atoms with Gasteiger partial charge in [0.15, 0.2) is 0 Å². The summed E-state index contributed by atoms with van der Waals surface area (Å²) in [5.41, 5.74) is 2.24. The van der Waals surface area contributed by atoms with Crippen LogP contribution in [0.3, 0.4) is 0 Å². The van der Waals surface area contributed by atoms with Crippen molar-refractivity contribution in [1.82, 2.24) is 13.9 Å². The molecule has 0 aliphatic heterocycles. The van der Waals surface area contributed by atoms with Crippen molar-refractivity contribution in [2.75, 3.05) is 13.2 Å². The Morgan fingerprint density at radius 3 is 2.86 bits per heavy atom. The van der Waals surface area contributed by atoms with Gasteiger partial charge in [-0.1, -0.05) is 31.2 Å². The van der Waals surface area contributed by atoms with E-state index in [1.54, 1.807) is 25.3 Å². The van der Waals surface area contributed by atoms with E-state index in [0.717, 1.165) is 40.8 Å². The first-order valence-corrected chi connectivity index (χ1v) is 14.0. The van der Waals surface area contributed by atoms with Crippen molar-refractivity contribution in [1.29, 1.82) is 0 Å². The number of hydrogen-bond donors (Lipinski definition) is 0. The van der Waals surface area contributed by atoms with Crippen LogP contribution in [0.1, 0.15) is 16.6 Å². The number of hydrogen-bond acceptors (Lipinski definition) is 6. The molecule has 0 spiro atoms. The number of pyridine rings is 1. The van der Waals surface area contributed by atoms with Crippen molar-refractivity contribution >= 4 is 48.2 Å². The van der Waals surface area contributed by atoms with Gasteiger partial charge in [0.2, 0.25) is 0 Å². The summed E-state index contributed by atoms with van der Waals surface area (Å²) in [5, 5.41) is 1.39. The smallest absolute Gasteiger partial charge is 0.349 e. The highest BCUT2D eigenvalue weighted by Gasteiger charge is 2.19. The maximum atomic E-state index is 12.0. The number of carbonyl (C=O) groups excluding carboxylic acids is 1. The quantitative estimate of drug-likeness (QED) is 0.271. The molecule has 0 unspecified atom stereocenters. The molecule has 0 aliphatic carbocycles. The molecule has 6 nitrogen and oxygen atoms in total. The Kier molecular flexibility index (Phi) is 6.54. The van der Waals surface area contributed by atoms with Crippen LogP contribution in [-0.4, -0.2) is 41.2 Å². The Morgan fingerprint density at radius 2 is 2.14 bits per heavy atom. The highest BCUT2D eigenvalue weighted by molar-refractivity contribution is 7.08. The van der Waals surface area contributed by atoms with Gasteiger partial charge in [0.05, 0.1) is 17.3 Å². The average Bonchev–Trinajstić information content (AvgIpc) is 3.24. The number of nitrogens with zero attached hydrogens (tertiary/aromatic N) is 3. The molecular formula is C19H24ClN3O3SSi. The van der Waals surface area contributed by atoms with Crippen LogP contribution in [0, 0.1) is 0 Å². The maximum Gasteiger partial charge on any atom is 0.349 e. The van der Waals surface area contributed by atoms with Gasteiger partial charge in [-0.25, -0.2) is 9.78 Å². The Morgan fingerprint density at radius 1 is 1.36 bits per heavy atom. The second-order valence-electron chi connectivity index (χ2n) is 7.65. The van der Waals surface area contributed by atoms with Crippen LogP contribution in [-0.2, 0) is 16.2 Å². The third-order valence-electron chi connectivity index (χ3n) is 4.20. The molecule has 3 aromatic heterocycles. The Balaban J connectivity index is 1.90. The summed E-state index contributed by atoms with van der Waals surface area (Å²) >= 11 is 7.58. The molecule has 3 aromatic rings. The second-order valence-corrected chi connectivity index (χ2v) is 14.5. The van der Waals surface area contributed by atoms with E-state index in [1.807, 2.05) is 10.8 Å². The zero-order valence-electron chi connectivity index (χ0n) is 16.5. The molecule has 0 radical (unpaired) electrons. The third kappa shape index (κ3) is 4.80. The SMILES string of the molecule is CCOC(=O)c1cc(-c2cn(COCC[Si](C)(C)C)c3nccc(Cl)c23)ns1. The number of aromatic nitrogens is 3. The molecule has 28 heavy (non-hydrogen) atoms. The minimum Gasteiger partial charge on any atom is -0.462 e. The summed E-state index contributed by atoms with van der Waals surface area (Å²) in [7, 11) is -1.14. The van der Waals surface area contributed by atoms with Crippen LogP contribution in [0.5, 0.6) is 0 Å². The zero-order valence-corrected chi connectivity index (χ0v) is 19.1. The van der Waals surface area contributed by atoms with Crippen molar-refractivity contribution in [2.45, 2.75) is 39.3 Å². The van der Waals surface area contributed by atoms with Gasteiger partial charge in [0, 0.05) is 38.0 Å². The topological polar surface area (TPSA) is 66.2 Å². The van der Waals surface area contributed by atoms with Gasteiger partial charge in [-0.15, -0.1) is 0 Å². The van der Waals surface area contributed by atoms with E-state index in [2.05, 4.69) is 29.0 Å². The molecule has 150 valence electrons. The predicted octanol–water partition coefficient (Wildman–Crippen LogP) is 5.30. The number of carbonyl (C=O) groups is 1. The number of rotatable bonds is 8. The number of halogens is 1. The van der Waals surface area contributed by atoms with Crippen molar-refractivity contribution in [3.05, 3.63) is 34.4 Å². The fourth-order valence-electron chi connectivity index (χ4n) is 2.71. The van der Waals surface area contributed by atoms with E-state index in [0.29, 0.717) is 28.9 Å². The van der Waals surface area contributed by atoms with Gasteiger partial charge in [-0.05, 0) is 36.6 Å². The van der Waals surface area contributed by atoms with Crippen LogP contribution >= 0.6 is 23.1 Å². The predicted molar refractivity (Wildman–Crippen MR) is 116 cm³/mol. The summed E-state index contributed by atoms with van der Waals surface area (Å²) in [6.07, 6.45) is 3.61. The fourth-order valence-corrected chi connectivity index (χ4v) is 4.36. The molecule has 0 saturated heterocycles. The molecule has 3 rings (SSSR count). The van der Waals surface area contributed by atoms with Gasteiger partial charge < -0.3 is 14.0 Å². The van der Waals surface area contributed by atoms with E-state index in [1.165, 1.54) is 0 Å². The standard InChI is InChI=1S/C19H24ClN3O3SSi/c1-5-26-19(24)16-10-15(22-27-16)13-11-23(12-25-8-9-28(2,3)4)18-17(13)14(20)6-7-21-18/h6-7,10-11H,5,8-9,12H2,1-4H3. The second kappa shape index (κ2) is 8.73. The van der Waals surface area contributed by atoms with Crippen LogP contribution < -0.4 is 0 Å².